The summed E-state index contributed by atoms with van der Waals surface area (Å²) in [6.45, 7) is 0. The summed E-state index contributed by atoms with van der Waals surface area (Å²) in [6.07, 6.45) is 4.07. The molecular formula is C27H23FN2O2S. The Morgan fingerprint density at radius 3 is 2.52 bits per heavy atom. The third kappa shape index (κ3) is 4.00. The molecule has 3 atom stereocenters. The van der Waals surface area contributed by atoms with Crippen LogP contribution in [0.25, 0.3) is 21.3 Å². The number of rotatable bonds is 4. The third-order valence-electron chi connectivity index (χ3n) is 6.78. The molecule has 2 bridgehead atoms. The standard InChI is InChI=1S/C27H23FN2O2S/c28-21-10-13-24-23(15-21)30-27(33-24)29-22-11-8-17(9-12-22)16-4-6-18(7-5-16)25-19-2-1-3-20(14-19)26(31)32-25/h4-13,15,19-20,25H,1-3,14H2,(H,29,30). The van der Waals surface area contributed by atoms with Crippen LogP contribution in [-0.4, -0.2) is 11.0 Å². The van der Waals surface area contributed by atoms with Gasteiger partial charge in [0.1, 0.15) is 11.9 Å². The molecule has 3 unspecified atom stereocenters. The number of cyclic esters (lactones) is 1. The van der Waals surface area contributed by atoms with Crippen molar-refractivity contribution in [1.82, 2.24) is 4.98 Å². The molecule has 0 radical (unpaired) electrons. The molecule has 1 aliphatic carbocycles. The highest BCUT2D eigenvalue weighted by atomic mass is 32.1. The summed E-state index contributed by atoms with van der Waals surface area (Å²) in [5.41, 5.74) is 4.90. The number of carbonyl (C=O) groups is 1. The zero-order valence-corrected chi connectivity index (χ0v) is 18.8. The minimum absolute atomic E-state index is 0.0265. The van der Waals surface area contributed by atoms with E-state index in [0.717, 1.165) is 57.9 Å². The fraction of sp³-hybridized carbons (Fsp3) is 0.259. The van der Waals surface area contributed by atoms with Gasteiger partial charge in [0.2, 0.25) is 0 Å². The van der Waals surface area contributed by atoms with Gasteiger partial charge in [-0.1, -0.05) is 54.2 Å². The van der Waals surface area contributed by atoms with Crippen LogP contribution >= 0.6 is 11.3 Å². The van der Waals surface area contributed by atoms with E-state index < -0.39 is 0 Å². The van der Waals surface area contributed by atoms with Gasteiger partial charge in [0, 0.05) is 17.7 Å². The van der Waals surface area contributed by atoms with Gasteiger partial charge in [0.15, 0.2) is 5.13 Å². The van der Waals surface area contributed by atoms with Crippen LogP contribution in [0.1, 0.15) is 37.4 Å². The average Bonchev–Trinajstić information content (AvgIpc) is 3.24. The molecule has 0 amide bonds. The van der Waals surface area contributed by atoms with Crippen molar-refractivity contribution in [3.8, 4) is 11.1 Å². The Balaban J connectivity index is 1.17. The van der Waals surface area contributed by atoms with E-state index in [4.69, 9.17) is 4.74 Å². The highest BCUT2D eigenvalue weighted by molar-refractivity contribution is 7.22. The first-order valence-electron chi connectivity index (χ1n) is 11.4. The van der Waals surface area contributed by atoms with Crippen LogP contribution in [0, 0.1) is 17.7 Å². The summed E-state index contributed by atoms with van der Waals surface area (Å²) < 4.78 is 20.2. The van der Waals surface area contributed by atoms with Gasteiger partial charge in [0.25, 0.3) is 0 Å². The zero-order chi connectivity index (χ0) is 22.4. The Labute approximate surface area is 195 Å². The first-order chi connectivity index (χ1) is 16.1. The Morgan fingerprint density at radius 1 is 0.970 bits per heavy atom. The van der Waals surface area contributed by atoms with E-state index in [1.165, 1.54) is 23.5 Å². The SMILES string of the molecule is O=C1OC(c2ccc(-c3ccc(Nc4nc5cc(F)ccc5s4)cc3)cc2)C2CCCC1C2. The molecule has 1 aromatic heterocycles. The zero-order valence-electron chi connectivity index (χ0n) is 18.0. The maximum absolute atomic E-state index is 13.4. The van der Waals surface area contributed by atoms with Gasteiger partial charge >= 0.3 is 5.97 Å². The molecule has 3 aromatic carbocycles. The number of hydrogen-bond acceptors (Lipinski definition) is 5. The van der Waals surface area contributed by atoms with E-state index in [1.807, 2.05) is 12.1 Å². The lowest BCUT2D eigenvalue weighted by Gasteiger charge is -2.39. The summed E-state index contributed by atoms with van der Waals surface area (Å²) in [7, 11) is 0. The molecule has 33 heavy (non-hydrogen) atoms. The van der Waals surface area contributed by atoms with Crippen molar-refractivity contribution in [2.75, 3.05) is 5.32 Å². The van der Waals surface area contributed by atoms with Crippen LogP contribution in [0.2, 0.25) is 0 Å². The number of esters is 1. The lowest BCUT2D eigenvalue weighted by molar-refractivity contribution is -0.170. The van der Waals surface area contributed by atoms with Gasteiger partial charge in [-0.25, -0.2) is 9.37 Å². The third-order valence-corrected chi connectivity index (χ3v) is 7.73. The highest BCUT2D eigenvalue weighted by Gasteiger charge is 2.40. The molecule has 4 aromatic rings. The molecule has 2 fully saturated rings. The summed E-state index contributed by atoms with van der Waals surface area (Å²) in [5, 5.41) is 4.04. The molecule has 2 aliphatic rings. The number of halogens is 1. The van der Waals surface area contributed by atoms with E-state index in [1.54, 1.807) is 6.07 Å². The first-order valence-corrected chi connectivity index (χ1v) is 12.2. The van der Waals surface area contributed by atoms with E-state index in [-0.39, 0.29) is 23.8 Å². The number of nitrogens with one attached hydrogen (secondary N) is 1. The predicted molar refractivity (Wildman–Crippen MR) is 129 cm³/mol. The molecule has 1 N–H and O–H groups in total. The van der Waals surface area contributed by atoms with Crippen molar-refractivity contribution < 1.29 is 13.9 Å². The maximum atomic E-state index is 13.4. The molecule has 0 spiro atoms. The lowest BCUT2D eigenvalue weighted by atomic mass is 9.75. The Morgan fingerprint density at radius 2 is 1.73 bits per heavy atom. The van der Waals surface area contributed by atoms with Crippen LogP contribution in [0.5, 0.6) is 0 Å². The monoisotopic (exact) mass is 458 g/mol. The summed E-state index contributed by atoms with van der Waals surface area (Å²) in [4.78, 5) is 16.7. The predicted octanol–water partition coefficient (Wildman–Crippen LogP) is 7.25. The molecule has 6 rings (SSSR count). The minimum atomic E-state index is -0.278. The van der Waals surface area contributed by atoms with Gasteiger partial charge < -0.3 is 10.1 Å². The van der Waals surface area contributed by atoms with Crippen LogP contribution < -0.4 is 5.32 Å². The Bertz CT molecular complexity index is 1320. The largest absolute Gasteiger partial charge is 0.457 e. The Hall–Kier alpha value is -3.25. The average molecular weight is 459 g/mol. The number of anilines is 2. The molecular weight excluding hydrogens is 435 g/mol. The summed E-state index contributed by atoms with van der Waals surface area (Å²) in [6, 6.07) is 21.2. The highest BCUT2D eigenvalue weighted by Crippen LogP contribution is 2.44. The topological polar surface area (TPSA) is 51.2 Å². The number of ether oxygens (including phenoxy) is 1. The summed E-state index contributed by atoms with van der Waals surface area (Å²) in [5.74, 6) is 0.243. The molecule has 4 nitrogen and oxygen atoms in total. The number of nitrogens with zero attached hydrogens (tertiary/aromatic N) is 1. The lowest BCUT2D eigenvalue weighted by Crippen LogP contribution is -2.36. The van der Waals surface area contributed by atoms with Crippen LogP contribution in [0.3, 0.4) is 0 Å². The van der Waals surface area contributed by atoms with Crippen molar-refractivity contribution in [2.24, 2.45) is 11.8 Å². The molecule has 1 aliphatic heterocycles. The second kappa shape index (κ2) is 8.27. The van der Waals surface area contributed by atoms with E-state index in [9.17, 15) is 9.18 Å². The van der Waals surface area contributed by atoms with Crippen molar-refractivity contribution >= 4 is 38.3 Å². The number of hydrogen-bond donors (Lipinski definition) is 1. The van der Waals surface area contributed by atoms with Crippen LogP contribution in [0.15, 0.2) is 66.7 Å². The molecule has 166 valence electrons. The number of carbonyl (C=O) groups excluding carboxylic acids is 1. The van der Waals surface area contributed by atoms with Crippen LogP contribution in [0.4, 0.5) is 15.2 Å². The second-order valence-electron chi connectivity index (χ2n) is 8.94. The second-order valence-corrected chi connectivity index (χ2v) is 9.97. The van der Waals surface area contributed by atoms with Crippen molar-refractivity contribution in [3.63, 3.8) is 0 Å². The van der Waals surface area contributed by atoms with Crippen molar-refractivity contribution in [3.05, 3.63) is 78.1 Å². The van der Waals surface area contributed by atoms with E-state index >= 15 is 0 Å². The van der Waals surface area contributed by atoms with Gasteiger partial charge in [-0.05, 0) is 60.2 Å². The molecule has 1 saturated carbocycles. The Kier molecular flexibility index (Phi) is 5.10. The summed E-state index contributed by atoms with van der Waals surface area (Å²) >= 11 is 1.50. The number of fused-ring (bicyclic) bond motifs is 3. The van der Waals surface area contributed by atoms with Gasteiger partial charge in [0.05, 0.1) is 16.1 Å². The number of benzene rings is 3. The fourth-order valence-corrected chi connectivity index (χ4v) is 5.93. The molecule has 6 heteroatoms. The molecule has 1 saturated heterocycles. The normalized spacial score (nSPS) is 22.2. The van der Waals surface area contributed by atoms with Gasteiger partial charge in [-0.15, -0.1) is 0 Å². The van der Waals surface area contributed by atoms with E-state index in [0.29, 0.717) is 11.4 Å². The van der Waals surface area contributed by atoms with Gasteiger partial charge in [-0.2, -0.15) is 0 Å². The maximum Gasteiger partial charge on any atom is 0.309 e. The minimum Gasteiger partial charge on any atom is -0.457 e. The quantitative estimate of drug-likeness (QED) is 0.327. The fourth-order valence-electron chi connectivity index (χ4n) is 5.06. The number of thiazole rings is 1. The number of aromatic nitrogens is 1. The van der Waals surface area contributed by atoms with Crippen molar-refractivity contribution in [2.45, 2.75) is 31.8 Å². The molecule has 2 heterocycles. The van der Waals surface area contributed by atoms with Gasteiger partial charge in [-0.3, -0.25) is 4.79 Å². The van der Waals surface area contributed by atoms with E-state index in [2.05, 4.69) is 46.7 Å². The first kappa shape index (κ1) is 20.4. The van der Waals surface area contributed by atoms with Crippen LogP contribution in [-0.2, 0) is 9.53 Å². The van der Waals surface area contributed by atoms with Crippen molar-refractivity contribution in [1.29, 1.82) is 0 Å². The smallest absolute Gasteiger partial charge is 0.309 e.